The Hall–Kier alpha value is -1.75. The second-order valence-electron chi connectivity index (χ2n) is 3.45. The number of hydrogen-bond donors (Lipinski definition) is 1. The fraction of sp³-hybridized carbons (Fsp3) is 0.364. The van der Waals surface area contributed by atoms with Gasteiger partial charge in [-0.1, -0.05) is 25.1 Å². The number of nitro groups is 1. The van der Waals surface area contributed by atoms with E-state index in [1.54, 1.807) is 18.2 Å². The summed E-state index contributed by atoms with van der Waals surface area (Å²) in [5.74, 6) is -0.605. The number of aliphatic hydroxyl groups is 1. The topological polar surface area (TPSA) is 80.4 Å². The monoisotopic (exact) mass is 223 g/mol. The van der Waals surface area contributed by atoms with Crippen molar-refractivity contribution in [3.63, 3.8) is 0 Å². The number of aliphatic hydroxyl groups excluding tert-OH is 1. The summed E-state index contributed by atoms with van der Waals surface area (Å²) in [6, 6.07) is 6.75. The van der Waals surface area contributed by atoms with Crippen LogP contribution in [0.2, 0.25) is 0 Å². The van der Waals surface area contributed by atoms with Gasteiger partial charge in [-0.2, -0.15) is 0 Å². The Kier molecular flexibility index (Phi) is 4.13. The highest BCUT2D eigenvalue weighted by molar-refractivity contribution is 5.99. The fourth-order valence-electron chi connectivity index (χ4n) is 1.36. The van der Waals surface area contributed by atoms with Crippen LogP contribution in [-0.2, 0) is 6.42 Å². The molecule has 0 radical (unpaired) electrons. The van der Waals surface area contributed by atoms with Crippen LogP contribution < -0.4 is 0 Å². The molecule has 1 rings (SSSR count). The van der Waals surface area contributed by atoms with Crippen LogP contribution in [0, 0.1) is 10.1 Å². The third kappa shape index (κ3) is 3.13. The summed E-state index contributed by atoms with van der Waals surface area (Å²) < 4.78 is 0. The number of ketones is 1. The van der Waals surface area contributed by atoms with Crippen molar-refractivity contribution >= 4 is 5.78 Å². The third-order valence-electron chi connectivity index (χ3n) is 2.24. The zero-order valence-electron chi connectivity index (χ0n) is 8.92. The number of hydrogen-bond acceptors (Lipinski definition) is 4. The molecule has 0 aliphatic rings. The van der Waals surface area contributed by atoms with Crippen LogP contribution in [0.15, 0.2) is 24.3 Å². The van der Waals surface area contributed by atoms with Crippen molar-refractivity contribution in [2.75, 3.05) is 6.54 Å². The Bertz CT molecular complexity index is 403. The summed E-state index contributed by atoms with van der Waals surface area (Å²) >= 11 is 0. The van der Waals surface area contributed by atoms with Crippen LogP contribution in [0.4, 0.5) is 0 Å². The molecule has 86 valence electrons. The van der Waals surface area contributed by atoms with E-state index in [1.165, 1.54) is 0 Å². The SMILES string of the molecule is CCc1cccc(C(=O)C(O)C[N+](=O)[O-])c1. The smallest absolute Gasteiger partial charge is 0.236 e. The van der Waals surface area contributed by atoms with Crippen molar-refractivity contribution in [1.82, 2.24) is 0 Å². The quantitative estimate of drug-likeness (QED) is 0.460. The van der Waals surface area contributed by atoms with E-state index >= 15 is 0 Å². The zero-order chi connectivity index (χ0) is 12.1. The summed E-state index contributed by atoms with van der Waals surface area (Å²) in [6.45, 7) is 1.19. The highest BCUT2D eigenvalue weighted by atomic mass is 16.6. The molecule has 1 aromatic carbocycles. The highest BCUT2D eigenvalue weighted by Crippen LogP contribution is 2.08. The number of Topliss-reactive ketones (excluding diaryl/α,β-unsaturated/α-hetero) is 1. The second-order valence-corrected chi connectivity index (χ2v) is 3.45. The first-order chi connectivity index (χ1) is 7.54. The molecule has 5 heteroatoms. The molecule has 0 aliphatic carbocycles. The van der Waals surface area contributed by atoms with Crippen LogP contribution in [-0.4, -0.2) is 28.5 Å². The summed E-state index contributed by atoms with van der Waals surface area (Å²) in [7, 11) is 0. The molecule has 0 aromatic heterocycles. The lowest BCUT2D eigenvalue weighted by Crippen LogP contribution is -2.28. The summed E-state index contributed by atoms with van der Waals surface area (Å²) in [6.07, 6.45) is -0.797. The Morgan fingerprint density at radius 3 is 2.81 bits per heavy atom. The van der Waals surface area contributed by atoms with E-state index in [2.05, 4.69) is 0 Å². The minimum absolute atomic E-state index is 0.314. The number of carbonyl (C=O) groups is 1. The first kappa shape index (κ1) is 12.3. The van der Waals surface area contributed by atoms with Gasteiger partial charge < -0.3 is 5.11 Å². The number of benzene rings is 1. The first-order valence-corrected chi connectivity index (χ1v) is 4.97. The molecule has 16 heavy (non-hydrogen) atoms. The zero-order valence-corrected chi connectivity index (χ0v) is 8.92. The highest BCUT2D eigenvalue weighted by Gasteiger charge is 2.22. The molecule has 0 heterocycles. The number of rotatable bonds is 5. The van der Waals surface area contributed by atoms with Crippen LogP contribution in [0.1, 0.15) is 22.8 Å². The number of carbonyl (C=O) groups excluding carboxylic acids is 1. The second kappa shape index (κ2) is 5.37. The van der Waals surface area contributed by atoms with Crippen molar-refractivity contribution in [1.29, 1.82) is 0 Å². The lowest BCUT2D eigenvalue weighted by Gasteiger charge is -2.06. The van der Waals surface area contributed by atoms with E-state index in [9.17, 15) is 20.0 Å². The third-order valence-corrected chi connectivity index (χ3v) is 2.24. The predicted molar refractivity (Wildman–Crippen MR) is 58.0 cm³/mol. The summed E-state index contributed by atoms with van der Waals surface area (Å²) in [5.41, 5.74) is 1.27. The van der Waals surface area contributed by atoms with Gasteiger partial charge >= 0.3 is 0 Å². The maximum absolute atomic E-state index is 11.6. The summed E-state index contributed by atoms with van der Waals surface area (Å²) in [5, 5.41) is 19.5. The van der Waals surface area contributed by atoms with Crippen molar-refractivity contribution in [2.45, 2.75) is 19.4 Å². The molecule has 0 spiro atoms. The van der Waals surface area contributed by atoms with Gasteiger partial charge in [-0.05, 0) is 18.1 Å². The van der Waals surface area contributed by atoms with Gasteiger partial charge in [0, 0.05) is 10.5 Å². The predicted octanol–water partition coefficient (Wildman–Crippen LogP) is 1.07. The molecule has 1 atom stereocenters. The van der Waals surface area contributed by atoms with Crippen LogP contribution in [0.3, 0.4) is 0 Å². The maximum Gasteiger partial charge on any atom is 0.236 e. The Morgan fingerprint density at radius 1 is 1.56 bits per heavy atom. The van der Waals surface area contributed by atoms with Gasteiger partial charge in [0.05, 0.1) is 0 Å². The largest absolute Gasteiger partial charge is 0.379 e. The van der Waals surface area contributed by atoms with Crippen molar-refractivity contribution in [2.24, 2.45) is 0 Å². The molecule has 0 bridgehead atoms. The number of aryl methyl sites for hydroxylation is 1. The molecule has 0 saturated heterocycles. The van der Waals surface area contributed by atoms with Gasteiger partial charge in [-0.15, -0.1) is 0 Å². The average molecular weight is 223 g/mol. The van der Waals surface area contributed by atoms with Gasteiger partial charge in [0.15, 0.2) is 11.9 Å². The fourth-order valence-corrected chi connectivity index (χ4v) is 1.36. The van der Waals surface area contributed by atoms with Crippen molar-refractivity contribution in [3.05, 3.63) is 45.5 Å². The molecule has 0 saturated carbocycles. The van der Waals surface area contributed by atoms with E-state index in [-0.39, 0.29) is 0 Å². The lowest BCUT2D eigenvalue weighted by atomic mass is 10.0. The molecule has 1 N–H and O–H groups in total. The van der Waals surface area contributed by atoms with Gasteiger partial charge in [-0.3, -0.25) is 14.9 Å². The van der Waals surface area contributed by atoms with E-state index < -0.39 is 23.4 Å². The molecule has 0 fully saturated rings. The van der Waals surface area contributed by atoms with Gasteiger partial charge in [0.2, 0.25) is 6.54 Å². The van der Waals surface area contributed by atoms with Crippen molar-refractivity contribution in [3.8, 4) is 0 Å². The molecule has 5 nitrogen and oxygen atoms in total. The maximum atomic E-state index is 11.6. The van der Waals surface area contributed by atoms with Crippen LogP contribution >= 0.6 is 0 Å². The van der Waals surface area contributed by atoms with E-state index in [0.717, 1.165) is 12.0 Å². The number of nitrogens with zero attached hydrogens (tertiary/aromatic N) is 1. The molecule has 1 unspecified atom stereocenters. The standard InChI is InChI=1S/C11H13NO4/c1-2-8-4-3-5-9(6-8)11(14)10(13)7-12(15)16/h3-6,10,13H,2,7H2,1H3. The van der Waals surface area contributed by atoms with Gasteiger partial charge in [0.1, 0.15) is 0 Å². The Balaban J connectivity index is 2.83. The van der Waals surface area contributed by atoms with Crippen molar-refractivity contribution < 1.29 is 14.8 Å². The van der Waals surface area contributed by atoms with Crippen LogP contribution in [0.25, 0.3) is 0 Å². The van der Waals surface area contributed by atoms with E-state index in [4.69, 9.17) is 0 Å². The molecule has 1 aromatic rings. The van der Waals surface area contributed by atoms with Gasteiger partial charge in [-0.25, -0.2) is 0 Å². The van der Waals surface area contributed by atoms with E-state index in [1.807, 2.05) is 13.0 Å². The average Bonchev–Trinajstić information content (AvgIpc) is 2.27. The molecule has 0 aliphatic heterocycles. The molecular weight excluding hydrogens is 210 g/mol. The van der Waals surface area contributed by atoms with Gasteiger partial charge in [0.25, 0.3) is 0 Å². The normalized spacial score (nSPS) is 12.1. The molecular formula is C11H13NO4. The minimum atomic E-state index is -1.57. The van der Waals surface area contributed by atoms with Crippen LogP contribution in [0.5, 0.6) is 0 Å². The Labute approximate surface area is 92.9 Å². The Morgan fingerprint density at radius 2 is 2.25 bits per heavy atom. The first-order valence-electron chi connectivity index (χ1n) is 4.97. The minimum Gasteiger partial charge on any atom is -0.379 e. The molecule has 0 amide bonds. The summed E-state index contributed by atoms with van der Waals surface area (Å²) in [4.78, 5) is 21.1. The van der Waals surface area contributed by atoms with E-state index in [0.29, 0.717) is 5.56 Å². The lowest BCUT2D eigenvalue weighted by molar-refractivity contribution is -0.487.